The van der Waals surface area contributed by atoms with Gasteiger partial charge in [0, 0.05) is 0 Å². The van der Waals surface area contributed by atoms with E-state index in [-0.39, 0.29) is 6.04 Å². The van der Waals surface area contributed by atoms with Gasteiger partial charge < -0.3 is 5.73 Å². The van der Waals surface area contributed by atoms with Gasteiger partial charge >= 0.3 is 0 Å². The molecule has 1 aliphatic heterocycles. The van der Waals surface area contributed by atoms with Crippen molar-refractivity contribution >= 4 is 34.3 Å². The molecule has 4 rings (SSSR count). The van der Waals surface area contributed by atoms with Gasteiger partial charge in [-0.05, 0) is 24.0 Å². The van der Waals surface area contributed by atoms with Crippen molar-refractivity contribution in [2.24, 2.45) is 4.99 Å². The molecule has 0 aromatic carbocycles. The summed E-state index contributed by atoms with van der Waals surface area (Å²) in [7, 11) is 0. The van der Waals surface area contributed by atoms with Gasteiger partial charge in [-0.25, -0.2) is 4.98 Å². The fourth-order valence-electron chi connectivity index (χ4n) is 2.84. The average molecular weight is 308 g/mol. The number of hydrogen-bond acceptors (Lipinski definition) is 5. The Morgan fingerprint density at radius 3 is 2.95 bits per heavy atom. The minimum absolute atomic E-state index is 0.257. The smallest absolute Gasteiger partial charge is 0.142 e. The van der Waals surface area contributed by atoms with Crippen molar-refractivity contribution in [3.8, 4) is 0 Å². The molecule has 2 atom stereocenters. The van der Waals surface area contributed by atoms with Gasteiger partial charge in [0.2, 0.25) is 0 Å². The van der Waals surface area contributed by atoms with Crippen LogP contribution in [0.3, 0.4) is 0 Å². The first-order valence-electron chi connectivity index (χ1n) is 7.38. The molecule has 4 nitrogen and oxygen atoms in total. The number of fused-ring (bicyclic) bond motifs is 1. The highest BCUT2D eigenvalue weighted by Gasteiger charge is 2.26. The minimum Gasteiger partial charge on any atom is -0.382 e. The Morgan fingerprint density at radius 2 is 2.09 bits per heavy atom. The maximum atomic E-state index is 5.86. The molecule has 1 aromatic heterocycles. The predicted molar refractivity (Wildman–Crippen MR) is 93.6 cm³/mol. The van der Waals surface area contributed by atoms with E-state index >= 15 is 0 Å². The van der Waals surface area contributed by atoms with E-state index in [2.05, 4.69) is 51.4 Å². The summed E-state index contributed by atoms with van der Waals surface area (Å²) in [6.45, 7) is 0. The molecule has 0 bridgehead atoms. The second-order valence-corrected chi connectivity index (χ2v) is 6.49. The summed E-state index contributed by atoms with van der Waals surface area (Å²) in [6, 6.07) is 0.257. The number of allylic oxidation sites excluding steroid dienone is 6. The van der Waals surface area contributed by atoms with Crippen LogP contribution in [0.2, 0.25) is 0 Å². The van der Waals surface area contributed by atoms with Crippen LogP contribution < -0.4 is 5.73 Å². The van der Waals surface area contributed by atoms with Crippen LogP contribution in [-0.4, -0.2) is 26.8 Å². The molecule has 22 heavy (non-hydrogen) atoms. The van der Waals surface area contributed by atoms with Gasteiger partial charge in [0.25, 0.3) is 0 Å². The van der Waals surface area contributed by atoms with Crippen LogP contribution in [0, 0.1) is 0 Å². The number of rotatable bonds is 2. The van der Waals surface area contributed by atoms with Gasteiger partial charge in [0.15, 0.2) is 0 Å². The standard InChI is InChI=1S/C17H16N4S/c18-15-9-19-16(17(21-15)11-4-2-1-3-5-11)12-6-7-13-14(8-12)22-10-20-13/h2,4-10,13-14H,1,3H2,(H2,18,21). The molecule has 5 heteroatoms. The first kappa shape index (κ1) is 13.5. The summed E-state index contributed by atoms with van der Waals surface area (Å²) >= 11 is 1.75. The highest BCUT2D eigenvalue weighted by molar-refractivity contribution is 8.13. The summed E-state index contributed by atoms with van der Waals surface area (Å²) in [6.07, 6.45) is 16.7. The zero-order chi connectivity index (χ0) is 14.9. The van der Waals surface area contributed by atoms with Crippen molar-refractivity contribution in [3.05, 3.63) is 54.0 Å². The third kappa shape index (κ3) is 2.41. The van der Waals surface area contributed by atoms with Crippen LogP contribution in [0.5, 0.6) is 0 Å². The van der Waals surface area contributed by atoms with E-state index in [4.69, 9.17) is 5.73 Å². The monoisotopic (exact) mass is 308 g/mol. The SMILES string of the molecule is Nc1cnc(C2=CC3SC=NC3C=C2)c(C2=CCCC=C2)n1. The summed E-state index contributed by atoms with van der Waals surface area (Å²) in [4.78, 5) is 13.5. The molecule has 1 aromatic rings. The van der Waals surface area contributed by atoms with E-state index < -0.39 is 0 Å². The number of hydrogen-bond donors (Lipinski definition) is 1. The highest BCUT2D eigenvalue weighted by atomic mass is 32.2. The lowest BCUT2D eigenvalue weighted by Crippen LogP contribution is -2.16. The maximum absolute atomic E-state index is 5.86. The molecule has 2 heterocycles. The van der Waals surface area contributed by atoms with Crippen LogP contribution in [0.15, 0.2) is 47.6 Å². The van der Waals surface area contributed by atoms with Gasteiger partial charge in [-0.1, -0.05) is 36.5 Å². The van der Waals surface area contributed by atoms with Crippen molar-refractivity contribution in [1.82, 2.24) is 9.97 Å². The molecule has 0 amide bonds. The second-order valence-electron chi connectivity index (χ2n) is 5.46. The van der Waals surface area contributed by atoms with Gasteiger partial charge in [0.05, 0.1) is 34.4 Å². The van der Waals surface area contributed by atoms with Crippen LogP contribution in [0.1, 0.15) is 24.2 Å². The van der Waals surface area contributed by atoms with E-state index in [0.717, 1.165) is 35.4 Å². The Morgan fingerprint density at radius 1 is 1.14 bits per heavy atom. The zero-order valence-corrected chi connectivity index (χ0v) is 12.8. The summed E-state index contributed by atoms with van der Waals surface area (Å²) in [5, 5.41) is 0.364. The first-order chi connectivity index (χ1) is 10.8. The minimum atomic E-state index is 0.257. The van der Waals surface area contributed by atoms with Crippen molar-refractivity contribution in [2.45, 2.75) is 24.1 Å². The van der Waals surface area contributed by atoms with Crippen LogP contribution in [0.4, 0.5) is 5.82 Å². The topological polar surface area (TPSA) is 64.2 Å². The van der Waals surface area contributed by atoms with E-state index in [1.54, 1.807) is 18.0 Å². The molecule has 0 saturated heterocycles. The quantitative estimate of drug-likeness (QED) is 0.911. The predicted octanol–water partition coefficient (Wildman–Crippen LogP) is 3.26. The Balaban J connectivity index is 1.77. The van der Waals surface area contributed by atoms with Gasteiger partial charge in [-0.2, -0.15) is 0 Å². The molecule has 0 spiro atoms. The Bertz CT molecular complexity index is 758. The maximum Gasteiger partial charge on any atom is 0.142 e. The van der Waals surface area contributed by atoms with E-state index in [1.165, 1.54) is 0 Å². The Labute approximate surface area is 133 Å². The lowest BCUT2D eigenvalue weighted by molar-refractivity contribution is 0.865. The van der Waals surface area contributed by atoms with E-state index in [9.17, 15) is 0 Å². The molecule has 2 unspecified atom stereocenters. The van der Waals surface area contributed by atoms with Crippen LogP contribution in [0.25, 0.3) is 11.1 Å². The van der Waals surface area contributed by atoms with Crippen molar-refractivity contribution in [1.29, 1.82) is 0 Å². The molecule has 2 N–H and O–H groups in total. The van der Waals surface area contributed by atoms with Crippen molar-refractivity contribution in [3.63, 3.8) is 0 Å². The van der Waals surface area contributed by atoms with Crippen molar-refractivity contribution < 1.29 is 0 Å². The summed E-state index contributed by atoms with van der Waals surface area (Å²) in [5.41, 5.74) is 11.8. The van der Waals surface area contributed by atoms with Crippen molar-refractivity contribution in [2.75, 3.05) is 5.73 Å². The van der Waals surface area contributed by atoms with E-state index in [0.29, 0.717) is 11.1 Å². The molecular weight excluding hydrogens is 292 g/mol. The van der Waals surface area contributed by atoms with Crippen LogP contribution in [-0.2, 0) is 0 Å². The third-order valence-electron chi connectivity index (χ3n) is 3.94. The largest absolute Gasteiger partial charge is 0.382 e. The number of nitrogen functional groups attached to an aromatic ring is 1. The summed E-state index contributed by atoms with van der Waals surface area (Å²) in [5.74, 6) is 0.454. The molecule has 0 radical (unpaired) electrons. The fourth-order valence-corrected chi connectivity index (χ4v) is 3.73. The molecule has 0 saturated carbocycles. The number of thioether (sulfide) groups is 1. The van der Waals surface area contributed by atoms with Crippen LogP contribution >= 0.6 is 11.8 Å². The second kappa shape index (κ2) is 5.57. The zero-order valence-electron chi connectivity index (χ0n) is 12.0. The Kier molecular flexibility index (Phi) is 3.42. The number of aliphatic imine (C=N–C) groups is 1. The molecule has 2 aliphatic carbocycles. The highest BCUT2D eigenvalue weighted by Crippen LogP contribution is 2.34. The summed E-state index contributed by atoms with van der Waals surface area (Å²) < 4.78 is 0. The number of aromatic nitrogens is 2. The average Bonchev–Trinajstić information content (AvgIpc) is 3.03. The number of nitrogens with zero attached hydrogens (tertiary/aromatic N) is 3. The fraction of sp³-hybridized carbons (Fsp3) is 0.235. The third-order valence-corrected chi connectivity index (χ3v) is 4.91. The van der Waals surface area contributed by atoms with E-state index in [1.807, 2.05) is 5.55 Å². The number of nitrogens with two attached hydrogens (primary N) is 1. The molecule has 3 aliphatic rings. The Hall–Kier alpha value is -2.14. The van der Waals surface area contributed by atoms with Gasteiger partial charge in [0.1, 0.15) is 5.82 Å². The molecule has 0 fully saturated rings. The number of anilines is 1. The molecule has 110 valence electrons. The lowest BCUT2D eigenvalue weighted by Gasteiger charge is -2.18. The lowest BCUT2D eigenvalue weighted by atomic mass is 9.95. The normalized spacial score (nSPS) is 25.8. The van der Waals surface area contributed by atoms with Gasteiger partial charge in [-0.15, -0.1) is 11.8 Å². The molecular formula is C17H16N4S. The first-order valence-corrected chi connectivity index (χ1v) is 8.32. The van der Waals surface area contributed by atoms with Gasteiger partial charge in [-0.3, -0.25) is 9.98 Å².